The quantitative estimate of drug-likeness (QED) is 0.764. The first kappa shape index (κ1) is 18.3. The molecule has 1 saturated heterocycles. The van der Waals surface area contributed by atoms with Crippen LogP contribution in [0, 0.1) is 29.1 Å². The zero-order chi connectivity index (χ0) is 18.3. The van der Waals surface area contributed by atoms with Crippen molar-refractivity contribution < 1.29 is 14.3 Å². The Hall–Kier alpha value is -1.10. The van der Waals surface area contributed by atoms with Crippen molar-refractivity contribution in [2.24, 2.45) is 29.1 Å². The first-order valence-corrected chi connectivity index (χ1v) is 10.6. The van der Waals surface area contributed by atoms with Crippen LogP contribution in [0.5, 0.6) is 0 Å². The summed E-state index contributed by atoms with van der Waals surface area (Å²) in [4.78, 5) is 26.5. The average Bonchev–Trinajstić information content (AvgIpc) is 2.60. The van der Waals surface area contributed by atoms with E-state index in [1.54, 1.807) is 0 Å². The molecular formula is C21H34N2O3. The van der Waals surface area contributed by atoms with E-state index in [9.17, 15) is 9.59 Å². The first-order chi connectivity index (χ1) is 12.5. The molecule has 146 valence electrons. The van der Waals surface area contributed by atoms with Gasteiger partial charge in [-0.1, -0.05) is 0 Å². The number of piperidine rings is 1. The predicted octanol–water partition coefficient (Wildman–Crippen LogP) is 2.59. The fourth-order valence-electron chi connectivity index (χ4n) is 6.84. The van der Waals surface area contributed by atoms with Gasteiger partial charge in [-0.2, -0.15) is 0 Å². The van der Waals surface area contributed by atoms with Gasteiger partial charge in [0.05, 0.1) is 19.6 Å². The second-order valence-electron chi connectivity index (χ2n) is 9.64. The van der Waals surface area contributed by atoms with Crippen LogP contribution in [0.4, 0.5) is 0 Å². The summed E-state index contributed by atoms with van der Waals surface area (Å²) < 4.78 is 4.84. The van der Waals surface area contributed by atoms with E-state index in [1.165, 1.54) is 45.6 Å². The summed E-state index contributed by atoms with van der Waals surface area (Å²) in [5.74, 6) is 2.80. The van der Waals surface area contributed by atoms with E-state index in [-0.39, 0.29) is 23.8 Å². The number of ether oxygens (including phenoxy) is 1. The zero-order valence-corrected chi connectivity index (χ0v) is 16.3. The molecule has 1 heterocycles. The van der Waals surface area contributed by atoms with Crippen LogP contribution in [-0.2, 0) is 14.3 Å². The number of rotatable bonds is 5. The van der Waals surface area contributed by atoms with Crippen LogP contribution in [0.1, 0.15) is 58.3 Å². The lowest BCUT2D eigenvalue weighted by Gasteiger charge is -2.59. The maximum atomic E-state index is 12.6. The van der Waals surface area contributed by atoms with Gasteiger partial charge in [-0.3, -0.25) is 14.5 Å². The molecule has 0 aromatic heterocycles. The topological polar surface area (TPSA) is 58.6 Å². The minimum atomic E-state index is -0.107. The third kappa shape index (κ3) is 3.51. The molecule has 0 aromatic carbocycles. The van der Waals surface area contributed by atoms with E-state index in [2.05, 4.69) is 17.1 Å². The van der Waals surface area contributed by atoms with Crippen LogP contribution in [0.2, 0.25) is 0 Å². The third-order valence-electron chi connectivity index (χ3n) is 7.87. The number of nitrogens with zero attached hydrogens (tertiary/aromatic N) is 1. The molecule has 5 fully saturated rings. The number of hydrogen-bond donors (Lipinski definition) is 1. The zero-order valence-electron chi connectivity index (χ0n) is 16.3. The lowest BCUT2D eigenvalue weighted by atomic mass is 9.48. The van der Waals surface area contributed by atoms with E-state index in [0.717, 1.165) is 43.7 Å². The summed E-state index contributed by atoms with van der Waals surface area (Å²) in [6.07, 6.45) is 9.88. The van der Waals surface area contributed by atoms with Crippen molar-refractivity contribution in [3.8, 4) is 0 Å². The van der Waals surface area contributed by atoms with E-state index in [4.69, 9.17) is 4.74 Å². The molecule has 0 unspecified atom stereocenters. The summed E-state index contributed by atoms with van der Waals surface area (Å²) in [7, 11) is 1.45. The van der Waals surface area contributed by atoms with Gasteiger partial charge in [0.1, 0.15) is 0 Å². The Bertz CT molecular complexity index is 518. The van der Waals surface area contributed by atoms with Gasteiger partial charge in [0.25, 0.3) is 0 Å². The SMILES string of the molecule is COC(=O)C1CCN(CC(=O)N[C@H](C)C23CC4CC(CC(C4)C2)C3)CC1. The molecule has 4 bridgehead atoms. The van der Waals surface area contributed by atoms with E-state index < -0.39 is 0 Å². The number of methoxy groups -OCH3 is 1. The minimum absolute atomic E-state index is 0.00487. The molecule has 26 heavy (non-hydrogen) atoms. The predicted molar refractivity (Wildman–Crippen MR) is 99.4 cm³/mol. The summed E-state index contributed by atoms with van der Waals surface area (Å²) in [5, 5.41) is 3.36. The van der Waals surface area contributed by atoms with Crippen molar-refractivity contribution >= 4 is 11.9 Å². The van der Waals surface area contributed by atoms with E-state index >= 15 is 0 Å². The fourth-order valence-corrected chi connectivity index (χ4v) is 6.84. The molecule has 5 aliphatic rings. The highest BCUT2D eigenvalue weighted by atomic mass is 16.5. The molecule has 0 aromatic rings. The third-order valence-corrected chi connectivity index (χ3v) is 7.87. The van der Waals surface area contributed by atoms with Gasteiger partial charge in [-0.25, -0.2) is 0 Å². The molecule has 5 nitrogen and oxygen atoms in total. The van der Waals surface area contributed by atoms with Crippen molar-refractivity contribution in [1.29, 1.82) is 0 Å². The molecule has 1 aliphatic heterocycles. The molecule has 1 amide bonds. The Balaban J connectivity index is 1.27. The average molecular weight is 363 g/mol. The molecular weight excluding hydrogens is 328 g/mol. The number of esters is 1. The normalized spacial score (nSPS) is 38.2. The van der Waals surface area contributed by atoms with Crippen molar-refractivity contribution in [1.82, 2.24) is 10.2 Å². The molecule has 5 rings (SSSR count). The summed E-state index contributed by atoms with van der Waals surface area (Å²) >= 11 is 0. The Morgan fingerprint density at radius 1 is 1.08 bits per heavy atom. The van der Waals surface area contributed by atoms with Crippen LogP contribution in [0.3, 0.4) is 0 Å². The van der Waals surface area contributed by atoms with E-state index in [0.29, 0.717) is 12.0 Å². The minimum Gasteiger partial charge on any atom is -0.469 e. The largest absolute Gasteiger partial charge is 0.469 e. The molecule has 5 heteroatoms. The number of carbonyl (C=O) groups is 2. The van der Waals surface area contributed by atoms with Gasteiger partial charge < -0.3 is 10.1 Å². The lowest BCUT2D eigenvalue weighted by molar-refractivity contribution is -0.147. The maximum Gasteiger partial charge on any atom is 0.308 e. The Morgan fingerprint density at radius 3 is 2.12 bits per heavy atom. The van der Waals surface area contributed by atoms with Crippen molar-refractivity contribution in [2.45, 2.75) is 64.3 Å². The van der Waals surface area contributed by atoms with Gasteiger partial charge in [-0.05, 0) is 94.5 Å². The molecule has 0 radical (unpaired) electrons. The number of nitrogens with one attached hydrogen (secondary N) is 1. The van der Waals surface area contributed by atoms with Gasteiger partial charge in [-0.15, -0.1) is 0 Å². The summed E-state index contributed by atoms with van der Waals surface area (Å²) in [6, 6.07) is 0.288. The van der Waals surface area contributed by atoms with Crippen LogP contribution in [0.15, 0.2) is 0 Å². The van der Waals surface area contributed by atoms with Crippen LogP contribution in [-0.4, -0.2) is 49.6 Å². The van der Waals surface area contributed by atoms with Gasteiger partial charge in [0, 0.05) is 6.04 Å². The standard InChI is InChI=1S/C21H34N2O3/c1-14(21-10-15-7-16(11-21)9-17(8-15)12-21)22-19(24)13-23-5-3-18(4-6-23)20(25)26-2/h14-18H,3-13H2,1-2H3,(H,22,24)/t14-,15?,16?,17?,21?/m1/s1. The Morgan fingerprint density at radius 2 is 1.62 bits per heavy atom. The molecule has 1 atom stereocenters. The highest BCUT2D eigenvalue weighted by molar-refractivity contribution is 5.78. The number of hydrogen-bond acceptors (Lipinski definition) is 4. The first-order valence-electron chi connectivity index (χ1n) is 10.6. The summed E-state index contributed by atoms with van der Waals surface area (Å²) in [5.41, 5.74) is 0.363. The van der Waals surface area contributed by atoms with Crippen molar-refractivity contribution in [3.05, 3.63) is 0 Å². The fraction of sp³-hybridized carbons (Fsp3) is 0.905. The second kappa shape index (κ2) is 7.14. The van der Waals surface area contributed by atoms with E-state index in [1.807, 2.05) is 0 Å². The maximum absolute atomic E-state index is 12.6. The van der Waals surface area contributed by atoms with Gasteiger partial charge in [0.15, 0.2) is 0 Å². The lowest BCUT2D eigenvalue weighted by Crippen LogP contribution is -2.57. The highest BCUT2D eigenvalue weighted by Gasteiger charge is 2.53. The van der Waals surface area contributed by atoms with Crippen molar-refractivity contribution in [2.75, 3.05) is 26.7 Å². The van der Waals surface area contributed by atoms with Crippen LogP contribution < -0.4 is 5.32 Å². The van der Waals surface area contributed by atoms with Crippen LogP contribution >= 0.6 is 0 Å². The van der Waals surface area contributed by atoms with Gasteiger partial charge >= 0.3 is 5.97 Å². The molecule has 4 saturated carbocycles. The van der Waals surface area contributed by atoms with Crippen molar-refractivity contribution in [3.63, 3.8) is 0 Å². The molecule has 4 aliphatic carbocycles. The van der Waals surface area contributed by atoms with Gasteiger partial charge in [0.2, 0.25) is 5.91 Å². The highest BCUT2D eigenvalue weighted by Crippen LogP contribution is 2.61. The Labute approximate surface area is 157 Å². The Kier molecular flexibility index (Phi) is 5.02. The van der Waals surface area contributed by atoms with Crippen LogP contribution in [0.25, 0.3) is 0 Å². The second-order valence-corrected chi connectivity index (χ2v) is 9.64. The smallest absolute Gasteiger partial charge is 0.308 e. The molecule has 0 spiro atoms. The number of carbonyl (C=O) groups excluding carboxylic acids is 2. The number of amides is 1. The monoisotopic (exact) mass is 362 g/mol. The number of likely N-dealkylation sites (tertiary alicyclic amines) is 1. The summed E-state index contributed by atoms with van der Waals surface area (Å²) in [6.45, 7) is 4.32. The molecule has 1 N–H and O–H groups in total.